The Labute approximate surface area is 181 Å². The summed E-state index contributed by atoms with van der Waals surface area (Å²) in [5.41, 5.74) is 3.79. The number of carbonyl (C=O) groups excluding carboxylic acids is 1. The normalized spacial score (nSPS) is 10.9. The maximum absolute atomic E-state index is 11.6. The topological polar surface area (TPSA) is 64.1 Å². The molecule has 0 amide bonds. The Balaban J connectivity index is 1.64. The number of ketones is 1. The van der Waals surface area contributed by atoms with E-state index in [1.807, 2.05) is 49.6 Å². The molecule has 0 spiro atoms. The predicted octanol–water partition coefficient (Wildman–Crippen LogP) is 6.57. The van der Waals surface area contributed by atoms with Crippen LogP contribution in [0.4, 0.5) is 10.8 Å². The fourth-order valence-electron chi connectivity index (χ4n) is 2.96. The van der Waals surface area contributed by atoms with E-state index in [4.69, 9.17) is 9.72 Å². The molecule has 4 aromatic rings. The highest BCUT2D eigenvalue weighted by Crippen LogP contribution is 2.38. The molecule has 0 aliphatic rings. The molecule has 8 heteroatoms. The van der Waals surface area contributed by atoms with Crippen molar-refractivity contribution in [3.63, 3.8) is 0 Å². The van der Waals surface area contributed by atoms with Crippen LogP contribution in [0.15, 0.2) is 35.7 Å². The van der Waals surface area contributed by atoms with Gasteiger partial charge in [0.15, 0.2) is 10.9 Å². The van der Waals surface area contributed by atoms with E-state index in [0.717, 1.165) is 53.2 Å². The molecular weight excluding hydrogens is 422 g/mol. The summed E-state index contributed by atoms with van der Waals surface area (Å²) in [7, 11) is 1.65. The van der Waals surface area contributed by atoms with Gasteiger partial charge < -0.3 is 10.1 Å². The zero-order chi connectivity index (χ0) is 20.5. The zero-order valence-corrected chi connectivity index (χ0v) is 18.8. The number of ether oxygens (including phenoxy) is 1. The molecule has 0 radical (unpaired) electrons. The van der Waals surface area contributed by atoms with Gasteiger partial charge >= 0.3 is 0 Å². The molecule has 1 N–H and O–H groups in total. The van der Waals surface area contributed by atoms with Crippen molar-refractivity contribution in [3.05, 3.63) is 51.3 Å². The van der Waals surface area contributed by atoms with Gasteiger partial charge in [0, 0.05) is 10.3 Å². The van der Waals surface area contributed by atoms with Crippen LogP contribution >= 0.6 is 34.0 Å². The van der Waals surface area contributed by atoms with Gasteiger partial charge in [-0.3, -0.25) is 4.79 Å². The van der Waals surface area contributed by atoms with Crippen molar-refractivity contribution >= 4 is 50.6 Å². The lowest BCUT2D eigenvalue weighted by molar-refractivity contribution is 0.102. The summed E-state index contributed by atoms with van der Waals surface area (Å²) in [5.74, 6) is 0.815. The number of anilines is 2. The molecule has 0 atom stereocenters. The number of carbonyl (C=O) groups is 1. The predicted molar refractivity (Wildman–Crippen MR) is 122 cm³/mol. The van der Waals surface area contributed by atoms with Crippen molar-refractivity contribution in [3.8, 4) is 26.8 Å². The Hall–Kier alpha value is -2.55. The number of rotatable bonds is 6. The van der Waals surface area contributed by atoms with E-state index >= 15 is 0 Å². The molecule has 3 heterocycles. The van der Waals surface area contributed by atoms with Gasteiger partial charge in [-0.2, -0.15) is 0 Å². The molecule has 148 valence electrons. The fraction of sp³-hybridized carbons (Fsp3) is 0.190. The van der Waals surface area contributed by atoms with Crippen LogP contribution in [0.1, 0.15) is 27.3 Å². The minimum Gasteiger partial charge on any atom is -0.495 e. The highest BCUT2D eigenvalue weighted by Gasteiger charge is 2.14. The summed E-state index contributed by atoms with van der Waals surface area (Å²) < 4.78 is 5.52. The van der Waals surface area contributed by atoms with Crippen molar-refractivity contribution < 1.29 is 9.53 Å². The molecular formula is C21H19N3O2S3. The first kappa shape index (κ1) is 19.8. The van der Waals surface area contributed by atoms with Crippen molar-refractivity contribution in [1.29, 1.82) is 0 Å². The van der Waals surface area contributed by atoms with E-state index in [-0.39, 0.29) is 5.78 Å². The number of aromatic nitrogens is 2. The van der Waals surface area contributed by atoms with E-state index in [9.17, 15) is 4.79 Å². The third kappa shape index (κ3) is 4.10. The smallest absolute Gasteiger partial charge is 0.187 e. The number of benzene rings is 1. The Morgan fingerprint density at radius 2 is 1.93 bits per heavy atom. The molecule has 0 saturated heterocycles. The summed E-state index contributed by atoms with van der Waals surface area (Å²) in [4.78, 5) is 23.7. The molecule has 0 bridgehead atoms. The maximum atomic E-state index is 11.6. The lowest BCUT2D eigenvalue weighted by atomic mass is 10.1. The van der Waals surface area contributed by atoms with Crippen LogP contribution in [-0.2, 0) is 0 Å². The van der Waals surface area contributed by atoms with E-state index in [2.05, 4.69) is 10.3 Å². The van der Waals surface area contributed by atoms with Crippen LogP contribution in [0, 0.1) is 13.8 Å². The quantitative estimate of drug-likeness (QED) is 0.343. The second kappa shape index (κ2) is 8.06. The van der Waals surface area contributed by atoms with Crippen molar-refractivity contribution in [2.45, 2.75) is 20.8 Å². The van der Waals surface area contributed by atoms with Crippen LogP contribution in [0.25, 0.3) is 21.0 Å². The lowest BCUT2D eigenvalue weighted by Crippen LogP contribution is -1.95. The fourth-order valence-corrected chi connectivity index (χ4v) is 5.53. The molecule has 3 aromatic heterocycles. The molecule has 0 unspecified atom stereocenters. The van der Waals surface area contributed by atoms with Crippen LogP contribution in [0.3, 0.4) is 0 Å². The summed E-state index contributed by atoms with van der Waals surface area (Å²) in [6, 6.07) is 9.79. The summed E-state index contributed by atoms with van der Waals surface area (Å²) in [6.07, 6.45) is 0. The van der Waals surface area contributed by atoms with Gasteiger partial charge in [-0.15, -0.1) is 34.0 Å². The highest BCUT2D eigenvalue weighted by atomic mass is 32.1. The van der Waals surface area contributed by atoms with Crippen LogP contribution in [-0.4, -0.2) is 22.9 Å². The number of methoxy groups -OCH3 is 1. The average Bonchev–Trinajstić information content (AvgIpc) is 3.41. The first-order valence-electron chi connectivity index (χ1n) is 8.90. The van der Waals surface area contributed by atoms with Gasteiger partial charge in [0.1, 0.15) is 5.75 Å². The van der Waals surface area contributed by atoms with E-state index in [1.54, 1.807) is 36.7 Å². The molecule has 0 saturated carbocycles. The molecule has 1 aromatic carbocycles. The number of hydrogen-bond donors (Lipinski definition) is 1. The van der Waals surface area contributed by atoms with Gasteiger partial charge in [0.25, 0.3) is 0 Å². The number of thiazole rings is 2. The zero-order valence-electron chi connectivity index (χ0n) is 16.4. The number of hydrogen-bond acceptors (Lipinski definition) is 8. The summed E-state index contributed by atoms with van der Waals surface area (Å²) >= 11 is 4.69. The number of nitrogens with one attached hydrogen (secondary N) is 1. The SMILES string of the molecule is COc1ccc(-c2ccc(C(C)=O)s2)cc1Nc1nc(-c2sc(C)nc2C)cs1. The van der Waals surface area contributed by atoms with E-state index in [1.165, 1.54) is 11.3 Å². The first-order chi connectivity index (χ1) is 13.9. The Bertz CT molecular complexity index is 1190. The van der Waals surface area contributed by atoms with Crippen molar-refractivity contribution in [1.82, 2.24) is 9.97 Å². The van der Waals surface area contributed by atoms with Gasteiger partial charge in [-0.05, 0) is 56.7 Å². The van der Waals surface area contributed by atoms with E-state index < -0.39 is 0 Å². The molecule has 4 rings (SSSR count). The van der Waals surface area contributed by atoms with Gasteiger partial charge in [-0.25, -0.2) is 9.97 Å². The van der Waals surface area contributed by atoms with E-state index in [0.29, 0.717) is 0 Å². The van der Waals surface area contributed by atoms with Crippen LogP contribution < -0.4 is 10.1 Å². The molecule has 29 heavy (non-hydrogen) atoms. The minimum absolute atomic E-state index is 0.0806. The maximum Gasteiger partial charge on any atom is 0.187 e. The molecule has 0 aliphatic carbocycles. The molecule has 5 nitrogen and oxygen atoms in total. The monoisotopic (exact) mass is 441 g/mol. The van der Waals surface area contributed by atoms with Gasteiger partial charge in [-0.1, -0.05) is 0 Å². The number of nitrogens with zero attached hydrogens (tertiary/aromatic N) is 2. The Morgan fingerprint density at radius 1 is 1.10 bits per heavy atom. The first-order valence-corrected chi connectivity index (χ1v) is 11.4. The Morgan fingerprint density at radius 3 is 2.59 bits per heavy atom. The standard InChI is InChI=1S/C21H19N3O2S3/c1-11-20(28-13(3)22-11)16-10-27-21(24-16)23-15-9-14(5-6-17(15)26-4)19-8-7-18(29-19)12(2)25/h5-10H,1-4H3,(H,23,24). The Kier molecular flexibility index (Phi) is 5.49. The molecule has 0 fully saturated rings. The van der Waals surface area contributed by atoms with Gasteiger partial charge in [0.2, 0.25) is 0 Å². The largest absolute Gasteiger partial charge is 0.495 e. The second-order valence-electron chi connectivity index (χ2n) is 6.45. The average molecular weight is 442 g/mol. The summed E-state index contributed by atoms with van der Waals surface area (Å²) in [5, 5.41) is 7.25. The molecule has 0 aliphatic heterocycles. The third-order valence-corrected chi connectivity index (χ3v) is 7.41. The van der Waals surface area contributed by atoms with Crippen LogP contribution in [0.5, 0.6) is 5.75 Å². The number of thiophene rings is 1. The third-order valence-electron chi connectivity index (χ3n) is 4.32. The van der Waals surface area contributed by atoms with Gasteiger partial charge in [0.05, 0.1) is 38.9 Å². The minimum atomic E-state index is 0.0806. The van der Waals surface area contributed by atoms with Crippen molar-refractivity contribution in [2.75, 3.05) is 12.4 Å². The van der Waals surface area contributed by atoms with Crippen molar-refractivity contribution in [2.24, 2.45) is 0 Å². The number of aryl methyl sites for hydroxylation is 2. The van der Waals surface area contributed by atoms with Crippen LogP contribution in [0.2, 0.25) is 0 Å². The second-order valence-corrected chi connectivity index (χ2v) is 9.59. The lowest BCUT2D eigenvalue weighted by Gasteiger charge is -2.11. The number of Topliss-reactive ketones (excluding diaryl/α,β-unsaturated/α-hetero) is 1. The highest BCUT2D eigenvalue weighted by molar-refractivity contribution is 7.17. The summed E-state index contributed by atoms with van der Waals surface area (Å²) in [6.45, 7) is 5.60.